The maximum Gasteiger partial charge on any atom is 0.00470 e. The van der Waals surface area contributed by atoms with E-state index in [1.54, 1.807) is 0 Å². The minimum Gasteiger partial charge on any atom is -0.300 e. The first-order chi connectivity index (χ1) is 7.38. The summed E-state index contributed by atoms with van der Waals surface area (Å²) in [6, 6.07) is 0.617. The van der Waals surface area contributed by atoms with Gasteiger partial charge in [-0.15, -0.1) is 0 Å². The monoisotopic (exact) mass is 223 g/mol. The van der Waals surface area contributed by atoms with E-state index < -0.39 is 0 Å². The van der Waals surface area contributed by atoms with Crippen LogP contribution in [0.3, 0.4) is 0 Å². The maximum atomic E-state index is 4.04. The zero-order chi connectivity index (χ0) is 12.7. The molecule has 0 aliphatic rings. The van der Waals surface area contributed by atoms with E-state index >= 15 is 0 Å². The highest BCUT2D eigenvalue weighted by Crippen LogP contribution is 2.13. The Morgan fingerprint density at radius 2 is 1.81 bits per heavy atom. The Hall–Kier alpha value is -0.560. The Morgan fingerprint density at radius 1 is 1.25 bits per heavy atom. The van der Waals surface area contributed by atoms with Crippen molar-refractivity contribution in [3.8, 4) is 0 Å². The summed E-state index contributed by atoms with van der Waals surface area (Å²) in [5, 5.41) is 0. The first kappa shape index (κ1) is 15.4. The second kappa shape index (κ2) is 7.67. The van der Waals surface area contributed by atoms with E-state index in [2.05, 4.69) is 59.1 Å². The molecule has 0 aliphatic carbocycles. The Morgan fingerprint density at radius 3 is 2.19 bits per heavy atom. The molecule has 0 N–H and O–H groups in total. The van der Waals surface area contributed by atoms with Gasteiger partial charge in [0.25, 0.3) is 0 Å². The van der Waals surface area contributed by atoms with Gasteiger partial charge in [0.1, 0.15) is 0 Å². The van der Waals surface area contributed by atoms with Crippen LogP contribution in [-0.4, -0.2) is 24.0 Å². The second-order valence-electron chi connectivity index (χ2n) is 5.22. The fourth-order valence-corrected chi connectivity index (χ4v) is 1.53. The molecule has 1 heteroatoms. The molecule has 0 spiro atoms. The summed E-state index contributed by atoms with van der Waals surface area (Å²) in [4.78, 5) is 2.55. The standard InChI is InChI=1S/C15H29N/c1-8-14(6)9-10-16(13(4)5)11-15(7)12(2)3/h8,13,15H,2,9-11H2,1,3-7H3/b14-8+. The fourth-order valence-electron chi connectivity index (χ4n) is 1.53. The summed E-state index contributed by atoms with van der Waals surface area (Å²) >= 11 is 0. The molecule has 1 nitrogen and oxygen atoms in total. The van der Waals surface area contributed by atoms with Gasteiger partial charge in [0.15, 0.2) is 0 Å². The highest BCUT2D eigenvalue weighted by Gasteiger charge is 2.13. The normalized spacial score (nSPS) is 14.6. The van der Waals surface area contributed by atoms with Crippen LogP contribution in [0.2, 0.25) is 0 Å². The Balaban J connectivity index is 4.23. The highest BCUT2D eigenvalue weighted by molar-refractivity contribution is 4.98. The molecule has 16 heavy (non-hydrogen) atoms. The van der Waals surface area contributed by atoms with Gasteiger partial charge in [-0.25, -0.2) is 0 Å². The van der Waals surface area contributed by atoms with Crippen LogP contribution in [0.25, 0.3) is 0 Å². The van der Waals surface area contributed by atoms with Gasteiger partial charge in [-0.05, 0) is 47.0 Å². The molecule has 0 amide bonds. The Bertz CT molecular complexity index is 238. The van der Waals surface area contributed by atoms with Gasteiger partial charge < -0.3 is 4.90 Å². The van der Waals surface area contributed by atoms with Crippen LogP contribution in [0.5, 0.6) is 0 Å². The molecular weight excluding hydrogens is 194 g/mol. The van der Waals surface area contributed by atoms with E-state index in [0.717, 1.165) is 13.1 Å². The topological polar surface area (TPSA) is 3.24 Å². The molecule has 1 atom stereocenters. The second-order valence-corrected chi connectivity index (χ2v) is 5.22. The molecule has 0 aromatic rings. The molecule has 0 saturated carbocycles. The van der Waals surface area contributed by atoms with Crippen LogP contribution >= 0.6 is 0 Å². The Labute approximate surface area is 102 Å². The summed E-state index contributed by atoms with van der Waals surface area (Å²) in [5.74, 6) is 0.591. The number of rotatable bonds is 7. The summed E-state index contributed by atoms with van der Waals surface area (Å²) < 4.78 is 0. The first-order valence-corrected chi connectivity index (χ1v) is 6.39. The predicted octanol–water partition coefficient (Wildman–Crippen LogP) is 4.27. The van der Waals surface area contributed by atoms with Crippen molar-refractivity contribution in [2.45, 2.75) is 54.0 Å². The summed E-state index contributed by atoms with van der Waals surface area (Å²) in [7, 11) is 0. The van der Waals surface area contributed by atoms with Crippen LogP contribution in [0.1, 0.15) is 48.0 Å². The maximum absolute atomic E-state index is 4.04. The molecule has 0 radical (unpaired) electrons. The van der Waals surface area contributed by atoms with Crippen molar-refractivity contribution in [1.82, 2.24) is 4.90 Å². The molecule has 0 aromatic carbocycles. The molecule has 0 fully saturated rings. The molecule has 0 heterocycles. The molecule has 1 unspecified atom stereocenters. The van der Waals surface area contributed by atoms with Gasteiger partial charge in [-0.2, -0.15) is 0 Å². The van der Waals surface area contributed by atoms with Gasteiger partial charge in [-0.3, -0.25) is 0 Å². The molecule has 0 saturated heterocycles. The van der Waals surface area contributed by atoms with Gasteiger partial charge in [-0.1, -0.05) is 30.7 Å². The number of hydrogen-bond donors (Lipinski definition) is 0. The van der Waals surface area contributed by atoms with Gasteiger partial charge in [0.05, 0.1) is 0 Å². The SMILES string of the molecule is C=C(C)C(C)CN(CC/C(C)=C/C)C(C)C. The van der Waals surface area contributed by atoms with E-state index in [0.29, 0.717) is 12.0 Å². The van der Waals surface area contributed by atoms with Crippen molar-refractivity contribution in [3.05, 3.63) is 23.8 Å². The largest absolute Gasteiger partial charge is 0.300 e. The quantitative estimate of drug-likeness (QED) is 0.583. The zero-order valence-corrected chi connectivity index (χ0v) is 12.0. The van der Waals surface area contributed by atoms with E-state index in [1.807, 2.05) is 0 Å². The van der Waals surface area contributed by atoms with Crippen molar-refractivity contribution >= 4 is 0 Å². The van der Waals surface area contributed by atoms with Crippen LogP contribution in [0.4, 0.5) is 0 Å². The van der Waals surface area contributed by atoms with Crippen molar-refractivity contribution < 1.29 is 0 Å². The van der Waals surface area contributed by atoms with Gasteiger partial charge in [0, 0.05) is 19.1 Å². The zero-order valence-electron chi connectivity index (χ0n) is 12.0. The van der Waals surface area contributed by atoms with Crippen LogP contribution in [-0.2, 0) is 0 Å². The van der Waals surface area contributed by atoms with Crippen molar-refractivity contribution in [2.24, 2.45) is 5.92 Å². The van der Waals surface area contributed by atoms with Crippen molar-refractivity contribution in [1.29, 1.82) is 0 Å². The molecule has 0 bridgehead atoms. The van der Waals surface area contributed by atoms with E-state index in [4.69, 9.17) is 0 Å². The third-order valence-electron chi connectivity index (χ3n) is 3.37. The van der Waals surface area contributed by atoms with Gasteiger partial charge >= 0.3 is 0 Å². The summed E-state index contributed by atoms with van der Waals surface area (Å²) in [6.45, 7) is 19.6. The number of nitrogens with zero attached hydrogens (tertiary/aromatic N) is 1. The lowest BCUT2D eigenvalue weighted by Crippen LogP contribution is -2.35. The average molecular weight is 223 g/mol. The van der Waals surface area contributed by atoms with Crippen molar-refractivity contribution in [2.75, 3.05) is 13.1 Å². The molecule has 94 valence electrons. The van der Waals surface area contributed by atoms with Crippen LogP contribution < -0.4 is 0 Å². The highest BCUT2D eigenvalue weighted by atomic mass is 15.1. The number of allylic oxidation sites excluding steroid dienone is 1. The van der Waals surface area contributed by atoms with Gasteiger partial charge in [0.2, 0.25) is 0 Å². The lowest BCUT2D eigenvalue weighted by atomic mass is 10.0. The average Bonchev–Trinajstić information content (AvgIpc) is 2.22. The third-order valence-corrected chi connectivity index (χ3v) is 3.37. The first-order valence-electron chi connectivity index (χ1n) is 6.39. The predicted molar refractivity (Wildman–Crippen MR) is 74.7 cm³/mol. The number of hydrogen-bond acceptors (Lipinski definition) is 1. The smallest absolute Gasteiger partial charge is 0.00470 e. The summed E-state index contributed by atoms with van der Waals surface area (Å²) in [5.41, 5.74) is 2.77. The lowest BCUT2D eigenvalue weighted by Gasteiger charge is -2.29. The molecule has 0 aliphatic heterocycles. The van der Waals surface area contributed by atoms with Crippen LogP contribution in [0, 0.1) is 5.92 Å². The molecule has 0 rings (SSSR count). The van der Waals surface area contributed by atoms with E-state index in [-0.39, 0.29) is 0 Å². The van der Waals surface area contributed by atoms with E-state index in [9.17, 15) is 0 Å². The fraction of sp³-hybridized carbons (Fsp3) is 0.733. The molecular formula is C15H29N. The van der Waals surface area contributed by atoms with E-state index in [1.165, 1.54) is 17.6 Å². The molecule has 0 aromatic heterocycles. The third kappa shape index (κ3) is 6.12. The lowest BCUT2D eigenvalue weighted by molar-refractivity contribution is 0.204. The Kier molecular flexibility index (Phi) is 7.40. The summed E-state index contributed by atoms with van der Waals surface area (Å²) in [6.07, 6.45) is 3.39. The van der Waals surface area contributed by atoms with Crippen molar-refractivity contribution in [3.63, 3.8) is 0 Å². The minimum atomic E-state index is 0.591. The van der Waals surface area contributed by atoms with Crippen LogP contribution in [0.15, 0.2) is 23.8 Å². The minimum absolute atomic E-state index is 0.591.